The van der Waals surface area contributed by atoms with Gasteiger partial charge in [-0.3, -0.25) is 4.72 Å². The summed E-state index contributed by atoms with van der Waals surface area (Å²) < 4.78 is 29.6. The molecule has 0 aliphatic heterocycles. The van der Waals surface area contributed by atoms with E-state index in [2.05, 4.69) is 20.7 Å². The Morgan fingerprint density at radius 2 is 2.21 bits per heavy atom. The number of alkyl halides is 1. The zero-order chi connectivity index (χ0) is 10.6. The zero-order valence-corrected chi connectivity index (χ0v) is 9.93. The van der Waals surface area contributed by atoms with E-state index in [1.54, 1.807) is 24.3 Å². The van der Waals surface area contributed by atoms with Gasteiger partial charge in [0.05, 0.1) is 12.8 Å². The molecule has 14 heavy (non-hydrogen) atoms. The van der Waals surface area contributed by atoms with E-state index >= 15 is 0 Å². The van der Waals surface area contributed by atoms with Gasteiger partial charge in [0, 0.05) is 6.07 Å². The van der Waals surface area contributed by atoms with Crippen molar-refractivity contribution in [1.29, 1.82) is 0 Å². The molecule has 1 N–H and O–H groups in total. The van der Waals surface area contributed by atoms with Crippen LogP contribution >= 0.6 is 15.9 Å². The Balaban J connectivity index is 2.87. The van der Waals surface area contributed by atoms with Crippen LogP contribution in [0.3, 0.4) is 0 Å². The van der Waals surface area contributed by atoms with Crippen molar-refractivity contribution in [2.24, 2.45) is 0 Å². The van der Waals surface area contributed by atoms with Gasteiger partial charge < -0.3 is 4.74 Å². The molecule has 4 nitrogen and oxygen atoms in total. The molecular formula is C8H10BrNO3S. The van der Waals surface area contributed by atoms with Gasteiger partial charge in [-0.1, -0.05) is 22.0 Å². The smallest absolute Gasteiger partial charge is 0.242 e. The van der Waals surface area contributed by atoms with Crippen LogP contribution in [0.15, 0.2) is 24.3 Å². The van der Waals surface area contributed by atoms with Crippen LogP contribution in [0, 0.1) is 0 Å². The standard InChI is InChI=1S/C8H10BrNO3S/c1-13-8-4-2-3-7(5-8)10-14(11,12)6-9/h2-5,10H,6H2,1H3. The molecule has 0 fully saturated rings. The van der Waals surface area contributed by atoms with E-state index in [1.807, 2.05) is 0 Å². The van der Waals surface area contributed by atoms with Crippen molar-refractivity contribution in [2.75, 3.05) is 16.5 Å². The molecule has 0 aliphatic carbocycles. The average molecular weight is 280 g/mol. The summed E-state index contributed by atoms with van der Waals surface area (Å²) in [6.45, 7) is 0. The van der Waals surface area contributed by atoms with Crippen LogP contribution in [0.4, 0.5) is 5.69 Å². The van der Waals surface area contributed by atoms with Crippen molar-refractivity contribution in [2.45, 2.75) is 0 Å². The SMILES string of the molecule is COc1cccc(NS(=O)(=O)CBr)c1. The van der Waals surface area contributed by atoms with E-state index in [1.165, 1.54) is 7.11 Å². The van der Waals surface area contributed by atoms with Crippen molar-refractivity contribution < 1.29 is 13.2 Å². The summed E-state index contributed by atoms with van der Waals surface area (Å²) >= 11 is 2.88. The van der Waals surface area contributed by atoms with Gasteiger partial charge in [0.25, 0.3) is 0 Å². The Kier molecular flexibility index (Phi) is 3.77. The number of anilines is 1. The van der Waals surface area contributed by atoms with Crippen molar-refractivity contribution in [3.05, 3.63) is 24.3 Å². The largest absolute Gasteiger partial charge is 0.497 e. The number of hydrogen-bond acceptors (Lipinski definition) is 3. The lowest BCUT2D eigenvalue weighted by molar-refractivity contribution is 0.415. The van der Waals surface area contributed by atoms with E-state index in [-0.39, 0.29) is 4.66 Å². The molecule has 0 atom stereocenters. The molecule has 1 rings (SSSR count). The van der Waals surface area contributed by atoms with Gasteiger partial charge in [-0.15, -0.1) is 0 Å². The molecule has 1 aromatic rings. The minimum absolute atomic E-state index is 0.128. The molecule has 0 radical (unpaired) electrons. The molecule has 0 heterocycles. The summed E-state index contributed by atoms with van der Waals surface area (Å²) in [4.78, 5) is 0. The zero-order valence-electron chi connectivity index (χ0n) is 7.53. The highest BCUT2D eigenvalue weighted by atomic mass is 79.9. The molecule has 0 spiro atoms. The van der Waals surface area contributed by atoms with Gasteiger partial charge in [-0.25, -0.2) is 8.42 Å². The quantitative estimate of drug-likeness (QED) is 0.855. The minimum Gasteiger partial charge on any atom is -0.497 e. The normalized spacial score (nSPS) is 11.0. The second-order valence-corrected chi connectivity index (χ2v) is 5.58. The Hall–Kier alpha value is -0.750. The summed E-state index contributed by atoms with van der Waals surface area (Å²) in [7, 11) is -1.76. The molecule has 6 heteroatoms. The summed E-state index contributed by atoms with van der Waals surface area (Å²) in [5, 5.41) is 0. The molecular weight excluding hydrogens is 270 g/mol. The van der Waals surface area contributed by atoms with Crippen LogP contribution in [-0.4, -0.2) is 20.2 Å². The molecule has 0 bridgehead atoms. The number of nitrogens with one attached hydrogen (secondary N) is 1. The van der Waals surface area contributed by atoms with Crippen LogP contribution in [0.25, 0.3) is 0 Å². The topological polar surface area (TPSA) is 55.4 Å². The van der Waals surface area contributed by atoms with E-state index in [4.69, 9.17) is 4.74 Å². The summed E-state index contributed by atoms with van der Waals surface area (Å²) in [5.74, 6) is 0.611. The summed E-state index contributed by atoms with van der Waals surface area (Å²) in [6, 6.07) is 6.72. The van der Waals surface area contributed by atoms with Crippen molar-refractivity contribution in [3.8, 4) is 5.75 Å². The Morgan fingerprint density at radius 1 is 1.50 bits per heavy atom. The third-order valence-corrected chi connectivity index (χ3v) is 4.13. The molecule has 78 valence electrons. The van der Waals surface area contributed by atoms with Crippen LogP contribution in [0.1, 0.15) is 0 Å². The molecule has 0 unspecified atom stereocenters. The lowest BCUT2D eigenvalue weighted by atomic mass is 10.3. The van der Waals surface area contributed by atoms with Crippen LogP contribution < -0.4 is 9.46 Å². The molecule has 0 aromatic heterocycles. The first kappa shape index (κ1) is 11.3. The van der Waals surface area contributed by atoms with E-state index in [9.17, 15) is 8.42 Å². The highest BCUT2D eigenvalue weighted by molar-refractivity contribution is 9.10. The fourth-order valence-corrected chi connectivity index (χ4v) is 1.78. The van der Waals surface area contributed by atoms with E-state index in [0.29, 0.717) is 11.4 Å². The monoisotopic (exact) mass is 279 g/mol. The second kappa shape index (κ2) is 4.65. The maximum absolute atomic E-state index is 11.2. The summed E-state index contributed by atoms with van der Waals surface area (Å²) in [6.07, 6.45) is 0. The average Bonchev–Trinajstić information content (AvgIpc) is 2.17. The maximum atomic E-state index is 11.2. The third-order valence-electron chi connectivity index (χ3n) is 1.49. The maximum Gasteiger partial charge on any atom is 0.242 e. The number of benzene rings is 1. The fourth-order valence-electron chi connectivity index (χ4n) is 0.893. The van der Waals surface area contributed by atoms with Crippen molar-refractivity contribution in [3.63, 3.8) is 0 Å². The van der Waals surface area contributed by atoms with E-state index < -0.39 is 10.0 Å². The van der Waals surface area contributed by atoms with Gasteiger partial charge in [0.15, 0.2) is 0 Å². The number of halogens is 1. The van der Waals surface area contributed by atoms with Crippen molar-refractivity contribution in [1.82, 2.24) is 0 Å². The van der Waals surface area contributed by atoms with Crippen LogP contribution in [0.5, 0.6) is 5.75 Å². The van der Waals surface area contributed by atoms with Crippen molar-refractivity contribution >= 4 is 31.6 Å². The lowest BCUT2D eigenvalue weighted by Crippen LogP contribution is -2.12. The van der Waals surface area contributed by atoms with Gasteiger partial charge in [-0.05, 0) is 12.1 Å². The highest BCUT2D eigenvalue weighted by Crippen LogP contribution is 2.18. The first-order valence-electron chi connectivity index (χ1n) is 3.78. The fraction of sp³-hybridized carbons (Fsp3) is 0.250. The van der Waals surface area contributed by atoms with E-state index in [0.717, 1.165) is 0 Å². The molecule has 0 saturated heterocycles. The second-order valence-electron chi connectivity index (χ2n) is 2.56. The number of hydrogen-bond donors (Lipinski definition) is 1. The minimum atomic E-state index is -3.29. The number of methoxy groups -OCH3 is 1. The molecule has 0 saturated carbocycles. The first-order chi connectivity index (χ1) is 6.57. The van der Waals surface area contributed by atoms with Crippen LogP contribution in [-0.2, 0) is 10.0 Å². The predicted octanol–water partition coefficient (Wildman–Crippen LogP) is 1.79. The lowest BCUT2D eigenvalue weighted by Gasteiger charge is -2.06. The molecule has 0 aliphatic rings. The predicted molar refractivity (Wildman–Crippen MR) is 59.3 cm³/mol. The Morgan fingerprint density at radius 3 is 2.79 bits per heavy atom. The number of rotatable bonds is 4. The Labute approximate surface area is 91.5 Å². The molecule has 0 amide bonds. The number of ether oxygens (including phenoxy) is 1. The van der Waals surface area contributed by atoms with Gasteiger partial charge in [0.1, 0.15) is 10.4 Å². The Bertz CT molecular complexity index is 405. The first-order valence-corrected chi connectivity index (χ1v) is 6.55. The highest BCUT2D eigenvalue weighted by Gasteiger charge is 2.07. The van der Waals surface area contributed by atoms with Crippen LogP contribution in [0.2, 0.25) is 0 Å². The van der Waals surface area contributed by atoms with Gasteiger partial charge in [0.2, 0.25) is 10.0 Å². The van der Waals surface area contributed by atoms with Gasteiger partial charge in [-0.2, -0.15) is 0 Å². The van der Waals surface area contributed by atoms with Gasteiger partial charge >= 0.3 is 0 Å². The third kappa shape index (κ3) is 3.19. The summed E-state index contributed by atoms with van der Waals surface area (Å²) in [5.41, 5.74) is 0.490. The number of sulfonamides is 1. The molecule has 1 aromatic carbocycles.